The normalized spacial score (nSPS) is 14.8. The molecule has 0 aliphatic heterocycles. The van der Waals surface area contributed by atoms with Gasteiger partial charge in [-0.15, -0.1) is 0 Å². The van der Waals surface area contributed by atoms with E-state index in [9.17, 15) is 0 Å². The monoisotopic (exact) mass is 172 g/mol. The fourth-order valence-corrected chi connectivity index (χ4v) is 1.44. The van der Waals surface area contributed by atoms with E-state index in [1.54, 1.807) is 0 Å². The van der Waals surface area contributed by atoms with Gasteiger partial charge < -0.3 is 5.11 Å². The van der Waals surface area contributed by atoms with Crippen molar-refractivity contribution in [2.24, 2.45) is 11.3 Å². The Labute approximate surface area is 77.2 Å². The maximum Gasteiger partial charge on any atom is 0.0464 e. The second kappa shape index (κ2) is 5.58. The van der Waals surface area contributed by atoms with Crippen LogP contribution in [0.15, 0.2) is 0 Å². The molecule has 0 bridgehead atoms. The third-order valence-corrected chi connectivity index (χ3v) is 2.60. The van der Waals surface area contributed by atoms with Gasteiger partial charge in [0.25, 0.3) is 0 Å². The number of hydrogen-bond donors (Lipinski definition) is 1. The third-order valence-electron chi connectivity index (χ3n) is 2.60. The molecule has 0 aliphatic rings. The minimum atomic E-state index is 0.266. The van der Waals surface area contributed by atoms with Crippen molar-refractivity contribution in [1.29, 1.82) is 0 Å². The molecule has 0 spiro atoms. The Bertz CT molecular complexity index is 102. The summed E-state index contributed by atoms with van der Waals surface area (Å²) < 4.78 is 0. The first-order valence-electron chi connectivity index (χ1n) is 5.13. The van der Waals surface area contributed by atoms with Gasteiger partial charge in [0.1, 0.15) is 0 Å². The van der Waals surface area contributed by atoms with E-state index in [0.29, 0.717) is 12.5 Å². The number of aliphatic hydroxyl groups is 1. The molecule has 0 saturated carbocycles. The van der Waals surface area contributed by atoms with Crippen molar-refractivity contribution in [1.82, 2.24) is 0 Å². The second-order valence-corrected chi connectivity index (χ2v) is 4.74. The number of aliphatic hydroxyl groups excluding tert-OH is 1. The molecule has 0 amide bonds. The molecule has 12 heavy (non-hydrogen) atoms. The molecule has 0 fully saturated rings. The zero-order valence-electron chi connectivity index (χ0n) is 9.06. The van der Waals surface area contributed by atoms with Crippen LogP contribution in [0.2, 0.25) is 0 Å². The highest BCUT2D eigenvalue weighted by Crippen LogP contribution is 2.29. The van der Waals surface area contributed by atoms with E-state index in [0.717, 1.165) is 0 Å². The largest absolute Gasteiger partial charge is 0.396 e. The highest BCUT2D eigenvalue weighted by atomic mass is 16.3. The van der Waals surface area contributed by atoms with Gasteiger partial charge in [0.05, 0.1) is 0 Å². The molecule has 1 N–H and O–H groups in total. The molecular weight excluding hydrogens is 148 g/mol. The Morgan fingerprint density at radius 2 is 1.75 bits per heavy atom. The fourth-order valence-electron chi connectivity index (χ4n) is 1.44. The van der Waals surface area contributed by atoms with Gasteiger partial charge in [0.15, 0.2) is 0 Å². The van der Waals surface area contributed by atoms with Crippen LogP contribution in [0.3, 0.4) is 0 Å². The summed E-state index contributed by atoms with van der Waals surface area (Å²) in [5.41, 5.74) is 0.266. The predicted octanol–water partition coefficient (Wildman–Crippen LogP) is 3.22. The summed E-state index contributed by atoms with van der Waals surface area (Å²) in [5, 5.41) is 9.16. The van der Waals surface area contributed by atoms with Crippen molar-refractivity contribution in [2.75, 3.05) is 6.61 Å². The maximum absolute atomic E-state index is 9.16. The first kappa shape index (κ1) is 12.0. The van der Waals surface area contributed by atoms with E-state index in [2.05, 4.69) is 27.7 Å². The topological polar surface area (TPSA) is 20.2 Å². The summed E-state index contributed by atoms with van der Waals surface area (Å²) in [6.45, 7) is 9.18. The molecule has 0 radical (unpaired) electrons. The van der Waals surface area contributed by atoms with Crippen molar-refractivity contribution in [3.63, 3.8) is 0 Å². The van der Waals surface area contributed by atoms with Crippen LogP contribution >= 0.6 is 0 Å². The zero-order chi connectivity index (χ0) is 9.61. The number of hydrogen-bond acceptors (Lipinski definition) is 1. The molecule has 0 saturated heterocycles. The Hall–Kier alpha value is -0.0400. The molecule has 0 aliphatic carbocycles. The Kier molecular flexibility index (Phi) is 5.56. The number of rotatable bonds is 5. The van der Waals surface area contributed by atoms with Crippen molar-refractivity contribution >= 4 is 0 Å². The SMILES string of the molecule is CCCCCC(CO)C(C)(C)C. The van der Waals surface area contributed by atoms with Crippen LogP contribution in [0.4, 0.5) is 0 Å². The maximum atomic E-state index is 9.16. The van der Waals surface area contributed by atoms with E-state index >= 15 is 0 Å². The molecule has 1 heteroatoms. The van der Waals surface area contributed by atoms with Crippen LogP contribution in [-0.2, 0) is 0 Å². The lowest BCUT2D eigenvalue weighted by Gasteiger charge is -2.28. The first-order chi connectivity index (χ1) is 5.52. The predicted molar refractivity (Wildman–Crippen MR) is 54.2 cm³/mol. The quantitative estimate of drug-likeness (QED) is 0.631. The smallest absolute Gasteiger partial charge is 0.0464 e. The molecule has 1 unspecified atom stereocenters. The molecule has 0 aromatic carbocycles. The Balaban J connectivity index is 3.68. The van der Waals surface area contributed by atoms with E-state index in [4.69, 9.17) is 5.11 Å². The number of unbranched alkanes of at least 4 members (excludes halogenated alkanes) is 2. The summed E-state index contributed by atoms with van der Waals surface area (Å²) in [6, 6.07) is 0. The zero-order valence-corrected chi connectivity index (χ0v) is 9.06. The average molecular weight is 172 g/mol. The standard InChI is InChI=1S/C11H24O/c1-5-6-7-8-10(9-12)11(2,3)4/h10,12H,5-9H2,1-4H3. The first-order valence-corrected chi connectivity index (χ1v) is 5.13. The van der Waals surface area contributed by atoms with Gasteiger partial charge in [-0.05, 0) is 17.8 Å². The molecule has 1 atom stereocenters. The molecule has 0 aromatic heterocycles. The van der Waals surface area contributed by atoms with Crippen LogP contribution in [0.5, 0.6) is 0 Å². The van der Waals surface area contributed by atoms with Gasteiger partial charge in [0, 0.05) is 6.61 Å². The van der Waals surface area contributed by atoms with Crippen LogP contribution in [0, 0.1) is 11.3 Å². The fraction of sp³-hybridized carbons (Fsp3) is 1.00. The van der Waals surface area contributed by atoms with Gasteiger partial charge >= 0.3 is 0 Å². The summed E-state index contributed by atoms with van der Waals surface area (Å²) in [6.07, 6.45) is 5.00. The molecule has 1 nitrogen and oxygen atoms in total. The summed E-state index contributed by atoms with van der Waals surface area (Å²) >= 11 is 0. The van der Waals surface area contributed by atoms with Crippen molar-refractivity contribution < 1.29 is 5.11 Å². The third kappa shape index (κ3) is 4.76. The van der Waals surface area contributed by atoms with Gasteiger partial charge in [-0.1, -0.05) is 47.0 Å². The Morgan fingerprint density at radius 3 is 2.08 bits per heavy atom. The molecule has 0 rings (SSSR count). The van der Waals surface area contributed by atoms with Crippen molar-refractivity contribution in [2.45, 2.75) is 53.4 Å². The highest BCUT2D eigenvalue weighted by Gasteiger charge is 2.22. The van der Waals surface area contributed by atoms with Crippen LogP contribution in [-0.4, -0.2) is 11.7 Å². The lowest BCUT2D eigenvalue weighted by molar-refractivity contribution is 0.121. The lowest BCUT2D eigenvalue weighted by Crippen LogP contribution is -2.23. The highest BCUT2D eigenvalue weighted by molar-refractivity contribution is 4.72. The van der Waals surface area contributed by atoms with E-state index in [1.165, 1.54) is 25.7 Å². The van der Waals surface area contributed by atoms with Gasteiger partial charge in [-0.2, -0.15) is 0 Å². The minimum absolute atomic E-state index is 0.266. The van der Waals surface area contributed by atoms with Crippen molar-refractivity contribution in [3.8, 4) is 0 Å². The van der Waals surface area contributed by atoms with Gasteiger partial charge in [0.2, 0.25) is 0 Å². The summed E-state index contributed by atoms with van der Waals surface area (Å²) in [5.74, 6) is 0.476. The second-order valence-electron chi connectivity index (χ2n) is 4.74. The molecule has 0 aromatic rings. The molecular formula is C11H24O. The van der Waals surface area contributed by atoms with Crippen LogP contribution < -0.4 is 0 Å². The summed E-state index contributed by atoms with van der Waals surface area (Å²) in [4.78, 5) is 0. The molecule has 0 heterocycles. The average Bonchev–Trinajstić information content (AvgIpc) is 1.95. The molecule has 74 valence electrons. The van der Waals surface area contributed by atoms with Gasteiger partial charge in [-0.25, -0.2) is 0 Å². The van der Waals surface area contributed by atoms with E-state index in [1.807, 2.05) is 0 Å². The van der Waals surface area contributed by atoms with Gasteiger partial charge in [-0.3, -0.25) is 0 Å². The van der Waals surface area contributed by atoms with Crippen LogP contribution in [0.25, 0.3) is 0 Å². The van der Waals surface area contributed by atoms with Crippen molar-refractivity contribution in [3.05, 3.63) is 0 Å². The summed E-state index contributed by atoms with van der Waals surface area (Å²) in [7, 11) is 0. The van der Waals surface area contributed by atoms with E-state index < -0.39 is 0 Å². The van der Waals surface area contributed by atoms with Crippen LogP contribution in [0.1, 0.15) is 53.4 Å². The minimum Gasteiger partial charge on any atom is -0.396 e. The van der Waals surface area contributed by atoms with E-state index in [-0.39, 0.29) is 5.41 Å². The Morgan fingerprint density at radius 1 is 1.17 bits per heavy atom. The lowest BCUT2D eigenvalue weighted by atomic mass is 9.78.